The number of phosphoric ester groups is 1. The van der Waals surface area contributed by atoms with E-state index < -0.39 is 7.82 Å². The van der Waals surface area contributed by atoms with E-state index >= 15 is 0 Å². The van der Waals surface area contributed by atoms with Crippen molar-refractivity contribution in [3.05, 3.63) is 0 Å². The molecular formula is C26H56NdO4P. The molecule has 0 heterocycles. The first kappa shape index (κ1) is 35.6. The van der Waals surface area contributed by atoms with Gasteiger partial charge >= 0.3 is 107 Å². The zero-order valence-corrected chi connectivity index (χ0v) is 26.3. The Balaban J connectivity index is 0. The predicted molar refractivity (Wildman–Crippen MR) is 136 cm³/mol. The van der Waals surface area contributed by atoms with Crippen LogP contribution in [0.5, 0.6) is 0 Å². The fraction of sp³-hybridized carbons (Fsp3) is 1.00. The summed E-state index contributed by atoms with van der Waals surface area (Å²) in [4.78, 5) is 9.77. The summed E-state index contributed by atoms with van der Waals surface area (Å²) < 4.78 is 23.8. The van der Waals surface area contributed by atoms with Gasteiger partial charge in [-0.2, -0.15) is 0 Å². The second kappa shape index (κ2) is 27.1. The molecule has 193 valence electrons. The average molecular weight is 608 g/mol. The first-order valence-corrected chi connectivity index (χ1v) is 17.4. The van der Waals surface area contributed by atoms with Crippen LogP contribution < -0.4 is 0 Å². The van der Waals surface area contributed by atoms with Gasteiger partial charge in [0.15, 0.2) is 0 Å². The number of hydrogen-bond acceptors (Lipinski definition) is 3. The number of phosphoric acid groups is 1. The van der Waals surface area contributed by atoms with Crippen molar-refractivity contribution in [2.75, 3.05) is 13.2 Å². The predicted octanol–water partition coefficient (Wildman–Crippen LogP) is 9.65. The zero-order chi connectivity index (χ0) is 24.5. The van der Waals surface area contributed by atoms with Crippen molar-refractivity contribution in [1.29, 1.82) is 0 Å². The molecule has 4 nitrogen and oxygen atoms in total. The Hall–Kier alpha value is 1.46. The molecule has 0 aliphatic heterocycles. The molecule has 32 heavy (non-hydrogen) atoms. The minimum atomic E-state index is -3.89. The molecule has 0 aromatic rings. The van der Waals surface area contributed by atoms with Crippen LogP contribution >= 0.6 is 7.82 Å². The summed E-state index contributed by atoms with van der Waals surface area (Å²) in [6, 6.07) is 0. The van der Waals surface area contributed by atoms with Gasteiger partial charge in [0.05, 0.1) is 13.2 Å². The molecule has 0 fully saturated rings. The second-order valence-electron chi connectivity index (χ2n) is 9.12. The summed E-state index contributed by atoms with van der Waals surface area (Å²) in [7, 11) is -3.89. The van der Waals surface area contributed by atoms with Gasteiger partial charge < -0.3 is 4.89 Å². The first-order chi connectivity index (χ1) is 15.4. The molecule has 2 unspecified atom stereocenters. The van der Waals surface area contributed by atoms with Crippen LogP contribution in [0, 0.1) is 50.6 Å². The summed E-state index contributed by atoms with van der Waals surface area (Å²) in [6.45, 7) is 11.4. The molecule has 0 bridgehead atoms. The average Bonchev–Trinajstić information content (AvgIpc) is 2.79. The van der Waals surface area contributed by atoms with Crippen molar-refractivity contribution in [1.82, 2.24) is 0 Å². The Bertz CT molecular complexity index is 377. The number of rotatable bonds is 22. The molecule has 0 aromatic heterocycles. The van der Waals surface area contributed by atoms with Gasteiger partial charge in [-0.1, -0.05) is 66.2 Å². The third-order valence-electron chi connectivity index (χ3n) is 6.06. The van der Waals surface area contributed by atoms with E-state index in [2.05, 4.69) is 34.6 Å². The minimum absolute atomic E-state index is 0.316. The zero-order valence-electron chi connectivity index (χ0n) is 22.2. The molecule has 1 N–H and O–H groups in total. The van der Waals surface area contributed by atoms with E-state index in [-0.39, 0.29) is 0 Å². The van der Waals surface area contributed by atoms with E-state index in [0.717, 1.165) is 51.4 Å². The third-order valence-corrected chi connectivity index (χ3v) is 8.15. The summed E-state index contributed by atoms with van der Waals surface area (Å²) in [5, 5.41) is 0. The van der Waals surface area contributed by atoms with Gasteiger partial charge in [0.25, 0.3) is 0 Å². The van der Waals surface area contributed by atoms with Crippen LogP contribution in [0.3, 0.4) is 0 Å². The van der Waals surface area contributed by atoms with E-state index in [1.165, 1.54) is 92.2 Å². The van der Waals surface area contributed by atoms with Crippen molar-refractivity contribution in [2.24, 2.45) is 11.8 Å². The van der Waals surface area contributed by atoms with Crippen LogP contribution in [0.2, 0.25) is 2.07 Å². The summed E-state index contributed by atoms with van der Waals surface area (Å²) in [6.07, 6.45) is 20.3. The summed E-state index contributed by atoms with van der Waals surface area (Å²) in [5.74, 6) is 0.687. The topological polar surface area (TPSA) is 55.8 Å². The normalized spacial score (nSPS) is 14.9. The quantitative estimate of drug-likeness (QED) is 0.0983. The first-order valence-electron chi connectivity index (χ1n) is 13.7. The van der Waals surface area contributed by atoms with Crippen LogP contribution in [-0.2, 0) is 13.6 Å². The van der Waals surface area contributed by atoms with Gasteiger partial charge in [-0.25, -0.2) is 4.57 Å². The van der Waals surface area contributed by atoms with Crippen LogP contribution in [0.4, 0.5) is 0 Å². The fourth-order valence-electron chi connectivity index (χ4n) is 3.49. The van der Waals surface area contributed by atoms with Gasteiger partial charge in [-0.15, -0.1) is 0 Å². The van der Waals surface area contributed by atoms with E-state index in [9.17, 15) is 9.46 Å². The molecule has 0 radical (unpaired) electrons. The van der Waals surface area contributed by atoms with Crippen molar-refractivity contribution in [2.45, 2.75) is 139 Å². The van der Waals surface area contributed by atoms with Crippen LogP contribution in [0.15, 0.2) is 0 Å². The second-order valence-corrected chi connectivity index (χ2v) is 12.2. The molecule has 0 saturated carbocycles. The van der Waals surface area contributed by atoms with E-state index in [1.54, 1.807) is 0 Å². The molecule has 0 saturated heterocycles. The SMILES string of the molecule is CCCCC(CC)COP(=O)(O)OCC(CC)CCCC.CCCCCCCCC[CH2][Nd]. The van der Waals surface area contributed by atoms with Crippen molar-refractivity contribution < 1.29 is 57.3 Å². The van der Waals surface area contributed by atoms with Crippen LogP contribution in [0.25, 0.3) is 0 Å². The molecule has 0 spiro atoms. The van der Waals surface area contributed by atoms with Gasteiger partial charge in [0.2, 0.25) is 0 Å². The Morgan fingerprint density at radius 3 is 1.38 bits per heavy atom. The Labute approximate surface area is 228 Å². The van der Waals surface area contributed by atoms with Crippen molar-refractivity contribution in [3.8, 4) is 0 Å². The maximum atomic E-state index is 11.9. The van der Waals surface area contributed by atoms with Gasteiger partial charge in [0.1, 0.15) is 0 Å². The summed E-state index contributed by atoms with van der Waals surface area (Å²) >= 11 is 1.41. The van der Waals surface area contributed by atoms with E-state index in [1.807, 2.05) is 0 Å². The molecule has 0 amide bonds. The molecule has 0 aliphatic rings. The number of unbranched alkanes of at least 4 members (excludes halogenated alkanes) is 9. The third kappa shape index (κ3) is 26.1. The van der Waals surface area contributed by atoms with Crippen LogP contribution in [0.1, 0.15) is 137 Å². The van der Waals surface area contributed by atoms with Crippen LogP contribution in [-0.4, -0.2) is 18.1 Å². The van der Waals surface area contributed by atoms with Crippen molar-refractivity contribution >= 4 is 7.82 Å². The maximum absolute atomic E-state index is 11.9. The van der Waals surface area contributed by atoms with E-state index in [0.29, 0.717) is 25.0 Å². The van der Waals surface area contributed by atoms with Crippen molar-refractivity contribution in [3.63, 3.8) is 0 Å². The standard InChI is InChI=1S/C16H35O4P.C10H21.Nd/c1-5-9-11-15(7-3)13-19-21(17,18)20-14-16(8-4)12-10-6-2;1-3-5-7-9-10-8-6-4-2;/h15-16H,5-14H2,1-4H3,(H,17,18);1,3-10H2,2H3;. The molecule has 0 aromatic carbocycles. The summed E-state index contributed by atoms with van der Waals surface area (Å²) in [5.41, 5.74) is 0. The van der Waals surface area contributed by atoms with Gasteiger partial charge in [-0.3, -0.25) is 9.05 Å². The van der Waals surface area contributed by atoms with Gasteiger partial charge in [0, 0.05) is 0 Å². The monoisotopic (exact) mass is 605 g/mol. The van der Waals surface area contributed by atoms with E-state index in [4.69, 9.17) is 9.05 Å². The fourth-order valence-corrected chi connectivity index (χ4v) is 5.17. The Morgan fingerprint density at radius 2 is 1.03 bits per heavy atom. The Morgan fingerprint density at radius 1 is 0.656 bits per heavy atom. The number of hydrogen-bond donors (Lipinski definition) is 1. The molecule has 2 atom stereocenters. The Kier molecular flexibility index (Phi) is 30.1. The molecule has 6 heteroatoms. The molecular weight excluding hydrogens is 551 g/mol. The molecule has 0 aliphatic carbocycles. The van der Waals surface area contributed by atoms with Gasteiger partial charge in [-0.05, 0) is 24.7 Å². The molecule has 0 rings (SSSR count).